The first kappa shape index (κ1) is 14.0. The summed E-state index contributed by atoms with van der Waals surface area (Å²) in [6.45, 7) is 2.36. The van der Waals surface area contributed by atoms with E-state index in [1.807, 2.05) is 16.8 Å². The van der Waals surface area contributed by atoms with Crippen LogP contribution in [0.25, 0.3) is 11.3 Å². The molecule has 0 radical (unpaired) electrons. The van der Waals surface area contributed by atoms with Crippen LogP contribution in [0.2, 0.25) is 0 Å². The Bertz CT molecular complexity index is 813. The van der Waals surface area contributed by atoms with Gasteiger partial charge in [-0.1, -0.05) is 53.7 Å². The fourth-order valence-corrected chi connectivity index (χ4v) is 3.16. The van der Waals surface area contributed by atoms with Gasteiger partial charge in [0, 0.05) is 24.3 Å². The zero-order valence-corrected chi connectivity index (χ0v) is 12.8. The zero-order chi connectivity index (χ0) is 15.6. The van der Waals surface area contributed by atoms with E-state index in [-0.39, 0.29) is 6.61 Å². The number of aliphatic hydroxyl groups excluding tert-OH is 1. The average molecular weight is 306 g/mol. The topological polar surface area (TPSA) is 54.2 Å². The maximum Gasteiger partial charge on any atom is 0.116 e. The lowest BCUT2D eigenvalue weighted by Crippen LogP contribution is -2.25. The van der Waals surface area contributed by atoms with Gasteiger partial charge in [0.15, 0.2) is 0 Å². The minimum Gasteiger partial charge on any atom is -0.390 e. The van der Waals surface area contributed by atoms with E-state index in [0.717, 1.165) is 36.6 Å². The predicted molar refractivity (Wildman–Crippen MR) is 88.9 cm³/mol. The van der Waals surface area contributed by atoms with Gasteiger partial charge in [0.25, 0.3) is 0 Å². The normalized spacial score (nSPS) is 13.3. The molecule has 0 unspecified atom stereocenters. The Balaban J connectivity index is 1.78. The number of hydrogen-bond donors (Lipinski definition) is 1. The highest BCUT2D eigenvalue weighted by atomic mass is 16.3. The Kier molecular flexibility index (Phi) is 3.55. The van der Waals surface area contributed by atoms with Gasteiger partial charge in [-0.15, -0.1) is 5.10 Å². The van der Waals surface area contributed by atoms with Crippen molar-refractivity contribution in [3.8, 4) is 11.3 Å². The molecule has 1 aromatic heterocycles. The van der Waals surface area contributed by atoms with E-state index in [1.54, 1.807) is 0 Å². The third-order valence-electron chi connectivity index (χ3n) is 4.25. The number of anilines is 1. The number of para-hydroxylation sites is 1. The summed E-state index contributed by atoms with van der Waals surface area (Å²) in [6.07, 6.45) is 0. The molecule has 1 aliphatic heterocycles. The van der Waals surface area contributed by atoms with Gasteiger partial charge >= 0.3 is 0 Å². The number of hydrogen-bond acceptors (Lipinski definition) is 4. The number of benzene rings is 2. The number of rotatable bonds is 3. The third kappa shape index (κ3) is 2.49. The van der Waals surface area contributed by atoms with Gasteiger partial charge < -0.3 is 10.0 Å². The average Bonchev–Trinajstić information content (AvgIpc) is 2.96. The summed E-state index contributed by atoms with van der Waals surface area (Å²) in [5.74, 6) is 0. The second-order valence-electron chi connectivity index (χ2n) is 5.69. The largest absolute Gasteiger partial charge is 0.390 e. The Morgan fingerprint density at radius 2 is 1.74 bits per heavy atom. The van der Waals surface area contributed by atoms with Crippen LogP contribution >= 0.6 is 0 Å². The molecule has 0 atom stereocenters. The van der Waals surface area contributed by atoms with Crippen LogP contribution in [-0.2, 0) is 19.7 Å². The van der Waals surface area contributed by atoms with Gasteiger partial charge in [-0.2, -0.15) is 0 Å². The molecule has 0 aliphatic carbocycles. The van der Waals surface area contributed by atoms with Gasteiger partial charge in [0.05, 0.1) is 18.8 Å². The van der Waals surface area contributed by atoms with Crippen molar-refractivity contribution >= 4 is 5.69 Å². The van der Waals surface area contributed by atoms with Crippen molar-refractivity contribution in [3.05, 3.63) is 65.9 Å². The fourth-order valence-electron chi connectivity index (χ4n) is 3.16. The fraction of sp³-hybridized carbons (Fsp3) is 0.222. The summed E-state index contributed by atoms with van der Waals surface area (Å²) in [6, 6.07) is 18.7. The van der Waals surface area contributed by atoms with Crippen LogP contribution in [0.15, 0.2) is 54.6 Å². The Morgan fingerprint density at radius 1 is 0.957 bits per heavy atom. The summed E-state index contributed by atoms with van der Waals surface area (Å²) in [7, 11) is 0. The summed E-state index contributed by atoms with van der Waals surface area (Å²) in [4.78, 5) is 2.36. The lowest BCUT2D eigenvalue weighted by molar-refractivity contribution is 0.277. The number of aliphatic hydroxyl groups is 1. The minimum absolute atomic E-state index is 0.0949. The van der Waals surface area contributed by atoms with Crippen molar-refractivity contribution in [1.29, 1.82) is 0 Å². The smallest absolute Gasteiger partial charge is 0.116 e. The van der Waals surface area contributed by atoms with E-state index in [4.69, 9.17) is 0 Å². The van der Waals surface area contributed by atoms with Crippen molar-refractivity contribution in [1.82, 2.24) is 15.0 Å². The zero-order valence-electron chi connectivity index (χ0n) is 12.8. The molecule has 5 nitrogen and oxygen atoms in total. The van der Waals surface area contributed by atoms with Crippen molar-refractivity contribution in [2.75, 3.05) is 11.4 Å². The van der Waals surface area contributed by atoms with Crippen LogP contribution in [-0.4, -0.2) is 26.6 Å². The molecule has 1 N–H and O–H groups in total. The first-order chi connectivity index (χ1) is 11.4. The first-order valence-corrected chi connectivity index (χ1v) is 7.78. The molecule has 0 saturated heterocycles. The van der Waals surface area contributed by atoms with E-state index in [1.165, 1.54) is 5.56 Å². The molecule has 0 bridgehead atoms. The molecule has 0 spiro atoms. The highest BCUT2D eigenvalue weighted by molar-refractivity contribution is 5.78. The van der Waals surface area contributed by atoms with E-state index in [9.17, 15) is 5.11 Å². The van der Waals surface area contributed by atoms with Crippen molar-refractivity contribution in [3.63, 3.8) is 0 Å². The van der Waals surface area contributed by atoms with Crippen molar-refractivity contribution in [2.24, 2.45) is 0 Å². The molecular formula is C18H18N4O. The Morgan fingerprint density at radius 3 is 2.57 bits per heavy atom. The molecule has 2 aromatic carbocycles. The van der Waals surface area contributed by atoms with Crippen LogP contribution in [0, 0.1) is 0 Å². The summed E-state index contributed by atoms with van der Waals surface area (Å²) in [5.41, 5.74) is 5.09. The minimum atomic E-state index is -0.0949. The maximum absolute atomic E-state index is 9.57. The predicted octanol–water partition coefficient (Wildman–Crippen LogP) is 2.46. The van der Waals surface area contributed by atoms with E-state index < -0.39 is 0 Å². The Hall–Kier alpha value is -2.66. The SMILES string of the molecule is OCc1nnn2c1-c1ccccc1N(Cc1ccccc1)CC2. The van der Waals surface area contributed by atoms with Gasteiger partial charge in [-0.25, -0.2) is 4.68 Å². The standard InChI is InChI=1S/C18H18N4O/c23-13-16-18-15-8-4-5-9-17(15)21(10-11-22(18)20-19-16)12-14-6-2-1-3-7-14/h1-9,23H,10-13H2. The Labute approximate surface area is 134 Å². The van der Waals surface area contributed by atoms with Crippen LogP contribution in [0.1, 0.15) is 11.3 Å². The molecule has 0 saturated carbocycles. The lowest BCUT2D eigenvalue weighted by atomic mass is 10.1. The van der Waals surface area contributed by atoms with Crippen LogP contribution in [0.5, 0.6) is 0 Å². The lowest BCUT2D eigenvalue weighted by Gasteiger charge is -2.24. The highest BCUT2D eigenvalue weighted by Gasteiger charge is 2.23. The van der Waals surface area contributed by atoms with Crippen LogP contribution in [0.3, 0.4) is 0 Å². The molecule has 3 aromatic rings. The van der Waals surface area contributed by atoms with E-state index in [2.05, 4.69) is 57.7 Å². The summed E-state index contributed by atoms with van der Waals surface area (Å²) >= 11 is 0. The quantitative estimate of drug-likeness (QED) is 0.807. The van der Waals surface area contributed by atoms with Crippen molar-refractivity contribution < 1.29 is 5.11 Å². The van der Waals surface area contributed by atoms with E-state index >= 15 is 0 Å². The van der Waals surface area contributed by atoms with E-state index in [0.29, 0.717) is 5.69 Å². The van der Waals surface area contributed by atoms with Crippen LogP contribution < -0.4 is 4.90 Å². The number of aromatic nitrogens is 3. The molecule has 23 heavy (non-hydrogen) atoms. The molecule has 0 fully saturated rings. The third-order valence-corrected chi connectivity index (χ3v) is 4.25. The highest BCUT2D eigenvalue weighted by Crippen LogP contribution is 2.35. The monoisotopic (exact) mass is 306 g/mol. The molecule has 2 heterocycles. The van der Waals surface area contributed by atoms with Gasteiger partial charge in [0.1, 0.15) is 5.69 Å². The number of nitrogens with zero attached hydrogens (tertiary/aromatic N) is 4. The van der Waals surface area contributed by atoms with Gasteiger partial charge in [0.2, 0.25) is 0 Å². The molecule has 4 rings (SSSR count). The molecule has 1 aliphatic rings. The summed E-state index contributed by atoms with van der Waals surface area (Å²) in [5, 5.41) is 17.9. The van der Waals surface area contributed by atoms with Crippen LogP contribution in [0.4, 0.5) is 5.69 Å². The molecule has 5 heteroatoms. The molecule has 0 amide bonds. The van der Waals surface area contributed by atoms with Gasteiger partial charge in [-0.05, 0) is 11.6 Å². The summed E-state index contributed by atoms with van der Waals surface area (Å²) < 4.78 is 1.90. The molecule has 116 valence electrons. The van der Waals surface area contributed by atoms with Crippen molar-refractivity contribution in [2.45, 2.75) is 19.7 Å². The number of fused-ring (bicyclic) bond motifs is 3. The second kappa shape index (κ2) is 5.85. The maximum atomic E-state index is 9.57. The second-order valence-corrected chi connectivity index (χ2v) is 5.69. The van der Waals surface area contributed by atoms with Gasteiger partial charge in [-0.3, -0.25) is 0 Å². The molecular weight excluding hydrogens is 288 g/mol. The first-order valence-electron chi connectivity index (χ1n) is 7.78.